The Bertz CT molecular complexity index is 920. The third-order valence-corrected chi connectivity index (χ3v) is 8.05. The standard InChI is InChI=1S/C26H37N3O/c1-3-27(4-2)18-25(30)28-15-16-29-23-14-13-20(19-9-6-5-7-10-19)17-22(23)21-11-8-12-24(28)26(21)29/h13-14,17,19,24H,3-12,15-16,18H2,1-2H3/t24-/m1/s1. The van der Waals surface area contributed by atoms with Crippen molar-refractivity contribution < 1.29 is 4.79 Å². The Morgan fingerprint density at radius 2 is 1.83 bits per heavy atom. The maximum Gasteiger partial charge on any atom is 0.237 e. The van der Waals surface area contributed by atoms with Crippen LogP contribution in [-0.4, -0.2) is 46.5 Å². The lowest BCUT2D eigenvalue weighted by molar-refractivity contribution is -0.136. The molecule has 1 amide bonds. The highest BCUT2D eigenvalue weighted by molar-refractivity contribution is 5.88. The van der Waals surface area contributed by atoms with Crippen molar-refractivity contribution in [3.63, 3.8) is 0 Å². The van der Waals surface area contributed by atoms with Crippen LogP contribution < -0.4 is 0 Å². The van der Waals surface area contributed by atoms with E-state index in [2.05, 4.69) is 46.4 Å². The van der Waals surface area contributed by atoms with Crippen LogP contribution in [0.3, 0.4) is 0 Å². The quantitative estimate of drug-likeness (QED) is 0.677. The lowest BCUT2D eigenvalue weighted by Crippen LogP contribution is -2.47. The largest absolute Gasteiger partial charge is 0.341 e. The Kier molecular flexibility index (Phi) is 5.61. The summed E-state index contributed by atoms with van der Waals surface area (Å²) in [4.78, 5) is 17.6. The summed E-state index contributed by atoms with van der Waals surface area (Å²) in [6, 6.07) is 7.59. The fourth-order valence-electron chi connectivity index (χ4n) is 6.34. The number of aryl methyl sites for hydroxylation is 1. The van der Waals surface area contributed by atoms with Crippen molar-refractivity contribution in [2.75, 3.05) is 26.2 Å². The van der Waals surface area contributed by atoms with Gasteiger partial charge in [-0.15, -0.1) is 0 Å². The highest BCUT2D eigenvalue weighted by Gasteiger charge is 2.37. The van der Waals surface area contributed by atoms with Gasteiger partial charge in [0.05, 0.1) is 12.6 Å². The summed E-state index contributed by atoms with van der Waals surface area (Å²) in [5.74, 6) is 1.06. The van der Waals surface area contributed by atoms with Gasteiger partial charge in [0.2, 0.25) is 5.91 Å². The second kappa shape index (κ2) is 8.37. The molecule has 1 aromatic heterocycles. The normalized spacial score (nSPS) is 22.0. The van der Waals surface area contributed by atoms with Crippen molar-refractivity contribution >= 4 is 16.8 Å². The first-order chi connectivity index (χ1) is 14.7. The average molecular weight is 408 g/mol. The Morgan fingerprint density at radius 3 is 2.60 bits per heavy atom. The van der Waals surface area contributed by atoms with E-state index in [1.807, 2.05) is 0 Å². The lowest BCUT2D eigenvalue weighted by Gasteiger charge is -2.40. The van der Waals surface area contributed by atoms with Crippen LogP contribution in [0, 0.1) is 0 Å². The molecular formula is C26H37N3O. The molecule has 1 aliphatic heterocycles. The van der Waals surface area contributed by atoms with Crippen molar-refractivity contribution in [1.29, 1.82) is 0 Å². The number of likely N-dealkylation sites (N-methyl/N-ethyl adjacent to an activating group) is 1. The van der Waals surface area contributed by atoms with Crippen LogP contribution in [0.4, 0.5) is 0 Å². The first kappa shape index (κ1) is 20.1. The maximum absolute atomic E-state index is 13.2. The third-order valence-electron chi connectivity index (χ3n) is 8.05. The van der Waals surface area contributed by atoms with Gasteiger partial charge >= 0.3 is 0 Å². The van der Waals surface area contributed by atoms with Gasteiger partial charge in [-0.25, -0.2) is 0 Å². The van der Waals surface area contributed by atoms with Gasteiger partial charge in [-0.1, -0.05) is 39.2 Å². The molecule has 0 bridgehead atoms. The van der Waals surface area contributed by atoms with Crippen LogP contribution in [0.2, 0.25) is 0 Å². The summed E-state index contributed by atoms with van der Waals surface area (Å²) in [5.41, 5.74) is 5.95. The number of hydrogen-bond donors (Lipinski definition) is 0. The van der Waals surface area contributed by atoms with Crippen LogP contribution >= 0.6 is 0 Å². The number of carbonyl (C=O) groups excluding carboxylic acids is 1. The first-order valence-corrected chi connectivity index (χ1v) is 12.4. The maximum atomic E-state index is 13.2. The predicted molar refractivity (Wildman–Crippen MR) is 123 cm³/mol. The summed E-state index contributed by atoms with van der Waals surface area (Å²) < 4.78 is 2.56. The Balaban J connectivity index is 1.49. The van der Waals surface area contributed by atoms with Gasteiger partial charge in [0.1, 0.15) is 0 Å². The summed E-state index contributed by atoms with van der Waals surface area (Å²) in [7, 11) is 0. The zero-order valence-electron chi connectivity index (χ0n) is 18.8. The van der Waals surface area contributed by atoms with Crippen molar-refractivity contribution in [1.82, 2.24) is 14.4 Å². The first-order valence-electron chi connectivity index (χ1n) is 12.4. The minimum atomic E-state index is 0.274. The Labute approximate surface area is 181 Å². The van der Waals surface area contributed by atoms with Gasteiger partial charge in [-0.3, -0.25) is 9.69 Å². The van der Waals surface area contributed by atoms with E-state index in [1.165, 1.54) is 61.5 Å². The van der Waals surface area contributed by atoms with Crippen molar-refractivity contribution in [2.45, 2.75) is 83.7 Å². The van der Waals surface area contributed by atoms with E-state index in [4.69, 9.17) is 0 Å². The fourth-order valence-corrected chi connectivity index (χ4v) is 6.34. The second-order valence-electron chi connectivity index (χ2n) is 9.58. The molecule has 0 N–H and O–H groups in total. The zero-order chi connectivity index (χ0) is 20.7. The predicted octanol–water partition coefficient (Wildman–Crippen LogP) is 5.25. The molecule has 4 nitrogen and oxygen atoms in total. The third kappa shape index (κ3) is 3.37. The molecular weight excluding hydrogens is 370 g/mol. The summed E-state index contributed by atoms with van der Waals surface area (Å²) in [6.07, 6.45) is 10.4. The molecule has 0 saturated heterocycles. The number of benzene rings is 1. The van der Waals surface area contributed by atoms with E-state index in [0.29, 0.717) is 12.5 Å². The van der Waals surface area contributed by atoms with Crippen LogP contribution in [0.5, 0.6) is 0 Å². The SMILES string of the molecule is CCN(CC)CC(=O)N1CCn2c3c(c4cc(C5CCCCC5)ccc42)CCC[C@H]31. The van der Waals surface area contributed by atoms with Gasteiger partial charge < -0.3 is 9.47 Å². The molecule has 1 fully saturated rings. The molecule has 2 aliphatic carbocycles. The Hall–Kier alpha value is -1.81. The van der Waals surface area contributed by atoms with Gasteiger partial charge in [0.25, 0.3) is 0 Å². The highest BCUT2D eigenvalue weighted by atomic mass is 16.2. The second-order valence-corrected chi connectivity index (χ2v) is 9.58. The number of aromatic nitrogens is 1. The van der Waals surface area contributed by atoms with E-state index in [1.54, 1.807) is 11.1 Å². The molecule has 0 unspecified atom stereocenters. The molecule has 162 valence electrons. The molecule has 0 spiro atoms. The van der Waals surface area contributed by atoms with Gasteiger partial charge in [-0.05, 0) is 74.4 Å². The van der Waals surface area contributed by atoms with Crippen LogP contribution in [0.1, 0.15) is 87.6 Å². The molecule has 3 aliphatic rings. The van der Waals surface area contributed by atoms with Gasteiger partial charge in [0, 0.05) is 29.7 Å². The molecule has 2 aromatic rings. The minimum Gasteiger partial charge on any atom is -0.341 e. The lowest BCUT2D eigenvalue weighted by atomic mass is 9.83. The van der Waals surface area contributed by atoms with E-state index in [9.17, 15) is 4.79 Å². The molecule has 4 heteroatoms. The highest BCUT2D eigenvalue weighted by Crippen LogP contribution is 2.44. The molecule has 2 heterocycles. The topological polar surface area (TPSA) is 28.5 Å². The minimum absolute atomic E-state index is 0.274. The molecule has 1 atom stereocenters. The van der Waals surface area contributed by atoms with Crippen molar-refractivity contribution in [3.8, 4) is 0 Å². The molecule has 1 saturated carbocycles. The van der Waals surface area contributed by atoms with Crippen LogP contribution in [-0.2, 0) is 17.8 Å². The van der Waals surface area contributed by atoms with Crippen molar-refractivity contribution in [3.05, 3.63) is 35.0 Å². The number of fused-ring (bicyclic) bond motifs is 3. The average Bonchev–Trinajstić information content (AvgIpc) is 3.13. The Morgan fingerprint density at radius 1 is 1.03 bits per heavy atom. The molecule has 5 rings (SSSR count). The summed E-state index contributed by atoms with van der Waals surface area (Å²) in [6.45, 7) is 8.53. The number of amides is 1. The fraction of sp³-hybridized carbons (Fsp3) is 0.654. The van der Waals surface area contributed by atoms with E-state index < -0.39 is 0 Å². The zero-order valence-corrected chi connectivity index (χ0v) is 18.8. The number of rotatable bonds is 5. The number of nitrogens with zero attached hydrogens (tertiary/aromatic N) is 3. The number of hydrogen-bond acceptors (Lipinski definition) is 2. The van der Waals surface area contributed by atoms with E-state index in [-0.39, 0.29) is 6.04 Å². The molecule has 30 heavy (non-hydrogen) atoms. The molecule has 1 aromatic carbocycles. The number of carbonyl (C=O) groups is 1. The van der Waals surface area contributed by atoms with Gasteiger partial charge in [-0.2, -0.15) is 0 Å². The monoisotopic (exact) mass is 407 g/mol. The van der Waals surface area contributed by atoms with Crippen LogP contribution in [0.15, 0.2) is 18.2 Å². The van der Waals surface area contributed by atoms with E-state index in [0.717, 1.165) is 38.5 Å². The van der Waals surface area contributed by atoms with Gasteiger partial charge in [0.15, 0.2) is 0 Å². The van der Waals surface area contributed by atoms with E-state index >= 15 is 0 Å². The summed E-state index contributed by atoms with van der Waals surface area (Å²) in [5, 5.41) is 1.48. The molecule has 0 radical (unpaired) electrons. The van der Waals surface area contributed by atoms with Crippen LogP contribution in [0.25, 0.3) is 10.9 Å². The smallest absolute Gasteiger partial charge is 0.237 e. The summed E-state index contributed by atoms with van der Waals surface area (Å²) >= 11 is 0. The van der Waals surface area contributed by atoms with Crippen molar-refractivity contribution in [2.24, 2.45) is 0 Å².